The molecule has 0 unspecified atom stereocenters. The number of hydrogen-bond donors (Lipinski definition) is 2. The molecule has 2 aromatic heterocycles. The first kappa shape index (κ1) is 18.1. The van der Waals surface area contributed by atoms with Gasteiger partial charge in [-0.3, -0.25) is 4.79 Å². The monoisotopic (exact) mass is 394 g/mol. The smallest absolute Gasteiger partial charge is 0.225 e. The SMILES string of the molecule is COc1ccc([C@@H]2CC(=O)Nc3sc4c(C)c(C#N)c(N)nc4c32)cc1OC. The Balaban J connectivity index is 1.96. The molecule has 1 aliphatic rings. The van der Waals surface area contributed by atoms with Crippen LogP contribution in [-0.2, 0) is 4.79 Å². The van der Waals surface area contributed by atoms with E-state index in [0.29, 0.717) is 17.1 Å². The molecule has 28 heavy (non-hydrogen) atoms. The van der Waals surface area contributed by atoms with Crippen LogP contribution in [0.1, 0.15) is 34.6 Å². The number of amides is 1. The first-order valence-corrected chi connectivity index (χ1v) is 9.44. The summed E-state index contributed by atoms with van der Waals surface area (Å²) in [7, 11) is 3.16. The van der Waals surface area contributed by atoms with Crippen molar-refractivity contribution in [1.29, 1.82) is 5.26 Å². The van der Waals surface area contributed by atoms with Gasteiger partial charge < -0.3 is 20.5 Å². The molecular formula is C20H18N4O3S. The van der Waals surface area contributed by atoms with Gasteiger partial charge in [0.05, 0.1) is 30.0 Å². The number of methoxy groups -OCH3 is 2. The highest BCUT2D eigenvalue weighted by Crippen LogP contribution is 2.48. The van der Waals surface area contributed by atoms with Crippen molar-refractivity contribution in [2.24, 2.45) is 0 Å². The highest BCUT2D eigenvalue weighted by molar-refractivity contribution is 7.23. The van der Waals surface area contributed by atoms with Crippen LogP contribution in [-0.4, -0.2) is 25.1 Å². The normalized spacial score (nSPS) is 15.6. The molecule has 0 spiro atoms. The van der Waals surface area contributed by atoms with Crippen LogP contribution in [0, 0.1) is 18.3 Å². The first-order chi connectivity index (χ1) is 13.5. The van der Waals surface area contributed by atoms with E-state index in [1.54, 1.807) is 14.2 Å². The third-order valence-corrected chi connectivity index (χ3v) is 6.27. The Labute approximate surface area is 165 Å². The predicted octanol–water partition coefficient (Wildman–Crippen LogP) is 3.55. The Hall–Kier alpha value is -3.31. The third-order valence-electron chi connectivity index (χ3n) is 5.04. The highest BCUT2D eigenvalue weighted by Gasteiger charge is 2.32. The number of benzene rings is 1. The lowest BCUT2D eigenvalue weighted by atomic mass is 9.86. The standard InChI is InChI=1S/C20H18N4O3S/c1-9-12(8-21)19(22)24-17-16-11(7-15(25)23-20(16)28-18(9)17)10-4-5-13(26-2)14(6-10)27-3/h4-6,11H,7H2,1-3H3,(H2,22,24)(H,23,25)/t11-/m0/s1. The minimum Gasteiger partial charge on any atom is -0.493 e. The summed E-state index contributed by atoms with van der Waals surface area (Å²) in [6, 6.07) is 7.76. The molecule has 0 aliphatic carbocycles. The number of nitrogens with two attached hydrogens (primary N) is 1. The number of fused-ring (bicyclic) bond motifs is 3. The van der Waals surface area contributed by atoms with Crippen molar-refractivity contribution in [3.63, 3.8) is 0 Å². The van der Waals surface area contributed by atoms with Gasteiger partial charge in [-0.05, 0) is 30.2 Å². The van der Waals surface area contributed by atoms with E-state index in [1.165, 1.54) is 11.3 Å². The fraction of sp³-hybridized carbons (Fsp3) is 0.250. The molecule has 4 rings (SSSR count). The van der Waals surface area contributed by atoms with Crippen LogP contribution in [0.3, 0.4) is 0 Å². The van der Waals surface area contributed by atoms with Crippen LogP contribution in [0.25, 0.3) is 10.2 Å². The molecule has 0 saturated carbocycles. The number of rotatable bonds is 3. The van der Waals surface area contributed by atoms with E-state index >= 15 is 0 Å². The summed E-state index contributed by atoms with van der Waals surface area (Å²) in [5.41, 5.74) is 9.77. The predicted molar refractivity (Wildman–Crippen MR) is 108 cm³/mol. The van der Waals surface area contributed by atoms with Gasteiger partial charge in [-0.1, -0.05) is 6.07 Å². The molecule has 3 N–H and O–H groups in total. The maximum absolute atomic E-state index is 12.4. The Morgan fingerprint density at radius 2 is 2.07 bits per heavy atom. The Morgan fingerprint density at radius 3 is 2.75 bits per heavy atom. The zero-order valence-corrected chi connectivity index (χ0v) is 16.4. The lowest BCUT2D eigenvalue weighted by Gasteiger charge is -2.24. The van der Waals surface area contributed by atoms with Crippen molar-refractivity contribution in [2.45, 2.75) is 19.3 Å². The van der Waals surface area contributed by atoms with Gasteiger partial charge in [-0.2, -0.15) is 5.26 Å². The Morgan fingerprint density at radius 1 is 1.32 bits per heavy atom. The van der Waals surface area contributed by atoms with Crippen LogP contribution in [0.5, 0.6) is 11.5 Å². The number of hydrogen-bond acceptors (Lipinski definition) is 7. The van der Waals surface area contributed by atoms with Gasteiger partial charge in [0.1, 0.15) is 16.9 Å². The molecule has 0 saturated heterocycles. The van der Waals surface area contributed by atoms with E-state index in [0.717, 1.165) is 31.9 Å². The van der Waals surface area contributed by atoms with Crippen molar-refractivity contribution in [3.8, 4) is 17.6 Å². The minimum absolute atomic E-state index is 0.0648. The number of ether oxygens (including phenoxy) is 2. The summed E-state index contributed by atoms with van der Waals surface area (Å²) in [4.78, 5) is 16.9. The summed E-state index contributed by atoms with van der Waals surface area (Å²) >= 11 is 1.43. The van der Waals surface area contributed by atoms with E-state index in [2.05, 4.69) is 16.4 Å². The number of thiophene rings is 1. The van der Waals surface area contributed by atoms with Crippen LogP contribution in [0.15, 0.2) is 18.2 Å². The van der Waals surface area contributed by atoms with Gasteiger partial charge >= 0.3 is 0 Å². The molecule has 1 aromatic carbocycles. The number of nitrogens with one attached hydrogen (secondary N) is 1. The minimum atomic E-state index is -0.198. The second-order valence-corrected chi connectivity index (χ2v) is 7.57. The van der Waals surface area contributed by atoms with E-state index in [1.807, 2.05) is 25.1 Å². The molecule has 0 fully saturated rings. The maximum Gasteiger partial charge on any atom is 0.225 e. The quantitative estimate of drug-likeness (QED) is 0.703. The number of carbonyl (C=O) groups is 1. The fourth-order valence-corrected chi connectivity index (χ4v) is 4.88. The number of carbonyl (C=O) groups excluding carboxylic acids is 1. The summed E-state index contributed by atoms with van der Waals surface area (Å²) in [6.07, 6.45) is 0.287. The summed E-state index contributed by atoms with van der Waals surface area (Å²) in [6.45, 7) is 1.86. The summed E-state index contributed by atoms with van der Waals surface area (Å²) in [5, 5.41) is 13.1. The molecular weight excluding hydrogens is 376 g/mol. The van der Waals surface area contributed by atoms with Crippen molar-refractivity contribution >= 4 is 38.3 Å². The zero-order chi connectivity index (χ0) is 20.0. The zero-order valence-electron chi connectivity index (χ0n) is 15.6. The number of aryl methyl sites for hydroxylation is 1. The number of anilines is 2. The average molecular weight is 394 g/mol. The fourth-order valence-electron chi connectivity index (χ4n) is 3.66. The summed E-state index contributed by atoms with van der Waals surface area (Å²) in [5.74, 6) is 1.17. The van der Waals surface area contributed by atoms with Gasteiger partial charge in [-0.15, -0.1) is 11.3 Å². The van der Waals surface area contributed by atoms with Crippen molar-refractivity contribution in [2.75, 3.05) is 25.3 Å². The largest absolute Gasteiger partial charge is 0.493 e. The maximum atomic E-state index is 12.4. The molecule has 0 radical (unpaired) electrons. The number of nitrogens with zero attached hydrogens (tertiary/aromatic N) is 2. The van der Waals surface area contributed by atoms with Crippen LogP contribution in [0.2, 0.25) is 0 Å². The van der Waals surface area contributed by atoms with E-state index in [9.17, 15) is 10.1 Å². The molecule has 3 heterocycles. The molecule has 8 heteroatoms. The van der Waals surface area contributed by atoms with Gasteiger partial charge in [0.25, 0.3) is 0 Å². The topological polar surface area (TPSA) is 110 Å². The van der Waals surface area contributed by atoms with E-state index in [4.69, 9.17) is 15.2 Å². The number of pyridine rings is 1. The van der Waals surface area contributed by atoms with E-state index < -0.39 is 0 Å². The van der Waals surface area contributed by atoms with Crippen LogP contribution in [0.4, 0.5) is 10.8 Å². The Kier molecular flexibility index (Phi) is 4.32. The Bertz CT molecular complexity index is 1160. The van der Waals surface area contributed by atoms with Gasteiger partial charge in [0, 0.05) is 17.9 Å². The van der Waals surface area contributed by atoms with Crippen molar-refractivity contribution < 1.29 is 14.3 Å². The second-order valence-electron chi connectivity index (χ2n) is 6.55. The number of nitrogen functional groups attached to an aromatic ring is 1. The molecule has 1 amide bonds. The first-order valence-electron chi connectivity index (χ1n) is 8.62. The molecule has 142 valence electrons. The van der Waals surface area contributed by atoms with E-state index in [-0.39, 0.29) is 24.1 Å². The van der Waals surface area contributed by atoms with Crippen LogP contribution < -0.4 is 20.5 Å². The third kappa shape index (κ3) is 2.63. The molecule has 7 nitrogen and oxygen atoms in total. The summed E-state index contributed by atoms with van der Waals surface area (Å²) < 4.78 is 11.6. The lowest BCUT2D eigenvalue weighted by Crippen LogP contribution is -2.22. The van der Waals surface area contributed by atoms with Crippen LogP contribution >= 0.6 is 11.3 Å². The van der Waals surface area contributed by atoms with Crippen molar-refractivity contribution in [3.05, 3.63) is 40.5 Å². The number of nitriles is 1. The molecule has 0 bridgehead atoms. The van der Waals surface area contributed by atoms with Gasteiger partial charge in [-0.25, -0.2) is 4.98 Å². The highest BCUT2D eigenvalue weighted by atomic mass is 32.1. The molecule has 3 aromatic rings. The average Bonchev–Trinajstić information content (AvgIpc) is 3.05. The lowest BCUT2D eigenvalue weighted by molar-refractivity contribution is -0.116. The number of aromatic nitrogens is 1. The molecule has 1 aliphatic heterocycles. The second kappa shape index (κ2) is 6.69. The molecule has 1 atom stereocenters. The van der Waals surface area contributed by atoms with Gasteiger partial charge in [0.2, 0.25) is 5.91 Å². The van der Waals surface area contributed by atoms with Gasteiger partial charge in [0.15, 0.2) is 11.5 Å². The van der Waals surface area contributed by atoms with Crippen molar-refractivity contribution in [1.82, 2.24) is 4.98 Å².